The summed E-state index contributed by atoms with van der Waals surface area (Å²) in [6, 6.07) is 5.29. The van der Waals surface area contributed by atoms with Crippen LogP contribution in [0.1, 0.15) is 36.3 Å². The molecule has 2 aromatic heterocycles. The van der Waals surface area contributed by atoms with Gasteiger partial charge < -0.3 is 15.2 Å². The van der Waals surface area contributed by atoms with Crippen molar-refractivity contribution < 1.29 is 4.79 Å². The minimum Gasteiger partial charge on any atom is -0.340 e. The Morgan fingerprint density at radius 2 is 2.20 bits per heavy atom. The predicted molar refractivity (Wildman–Crippen MR) is 101 cm³/mol. The molecule has 0 bridgehead atoms. The number of hydrogen-bond donors (Lipinski definition) is 2. The van der Waals surface area contributed by atoms with Crippen molar-refractivity contribution in [3.05, 3.63) is 45.1 Å². The van der Waals surface area contributed by atoms with Crippen LogP contribution in [-0.2, 0) is 13.1 Å². The van der Waals surface area contributed by atoms with Gasteiger partial charge in [0.05, 0.1) is 34.8 Å². The van der Waals surface area contributed by atoms with Crippen molar-refractivity contribution in [2.75, 3.05) is 7.05 Å². The predicted octanol–water partition coefficient (Wildman–Crippen LogP) is 4.14. The molecule has 0 aliphatic carbocycles. The summed E-state index contributed by atoms with van der Waals surface area (Å²) >= 11 is 7.60. The number of hydrogen-bond acceptors (Lipinski definition) is 4. The van der Waals surface area contributed by atoms with Gasteiger partial charge in [0.2, 0.25) is 0 Å². The number of aromatic amines is 1. The number of H-pyrrole nitrogens is 1. The van der Waals surface area contributed by atoms with E-state index in [4.69, 9.17) is 11.6 Å². The van der Waals surface area contributed by atoms with Gasteiger partial charge in [-0.1, -0.05) is 25.4 Å². The number of carbonyl (C=O) groups is 1. The number of urea groups is 1. The van der Waals surface area contributed by atoms with Crippen LogP contribution in [0.5, 0.6) is 0 Å². The molecular formula is C17H20ClN5OS. The Hall–Kier alpha value is -2.12. The maximum atomic E-state index is 12.3. The van der Waals surface area contributed by atoms with Crippen molar-refractivity contribution >= 4 is 40.0 Å². The summed E-state index contributed by atoms with van der Waals surface area (Å²) < 4.78 is 0. The number of rotatable bonds is 5. The maximum Gasteiger partial charge on any atom is 0.317 e. The lowest BCUT2D eigenvalue weighted by Gasteiger charge is -2.16. The molecule has 0 fully saturated rings. The Kier molecular flexibility index (Phi) is 5.24. The Morgan fingerprint density at radius 1 is 1.40 bits per heavy atom. The van der Waals surface area contributed by atoms with Crippen molar-refractivity contribution in [3.8, 4) is 0 Å². The molecule has 2 N–H and O–H groups in total. The van der Waals surface area contributed by atoms with Crippen molar-refractivity contribution in [1.82, 2.24) is 25.2 Å². The fraction of sp³-hybridized carbons (Fsp3) is 0.353. The van der Waals surface area contributed by atoms with Crippen LogP contribution < -0.4 is 5.32 Å². The second-order valence-electron chi connectivity index (χ2n) is 6.19. The molecule has 0 saturated carbocycles. The zero-order valence-corrected chi connectivity index (χ0v) is 15.9. The molecule has 2 heterocycles. The highest BCUT2D eigenvalue weighted by molar-refractivity contribution is 7.09. The van der Waals surface area contributed by atoms with Crippen LogP contribution in [0.15, 0.2) is 23.6 Å². The number of imidazole rings is 1. The van der Waals surface area contributed by atoms with Gasteiger partial charge in [-0.2, -0.15) is 0 Å². The number of nitrogens with zero attached hydrogens (tertiary/aromatic N) is 3. The summed E-state index contributed by atoms with van der Waals surface area (Å²) in [6.45, 7) is 5.02. The van der Waals surface area contributed by atoms with E-state index < -0.39 is 0 Å². The quantitative estimate of drug-likeness (QED) is 0.701. The highest BCUT2D eigenvalue weighted by Crippen LogP contribution is 2.20. The number of benzene rings is 1. The zero-order chi connectivity index (χ0) is 18.0. The lowest BCUT2D eigenvalue weighted by molar-refractivity contribution is 0.205. The van der Waals surface area contributed by atoms with Crippen molar-refractivity contribution in [2.24, 2.45) is 0 Å². The minimum atomic E-state index is -0.169. The monoisotopic (exact) mass is 377 g/mol. The normalized spacial score (nSPS) is 11.2. The first-order valence-electron chi connectivity index (χ1n) is 8.00. The molecular weight excluding hydrogens is 358 g/mol. The lowest BCUT2D eigenvalue weighted by atomic mass is 10.2. The van der Waals surface area contributed by atoms with Gasteiger partial charge in [-0.15, -0.1) is 11.3 Å². The molecule has 0 radical (unpaired) electrons. The molecule has 3 aromatic rings. The van der Waals surface area contributed by atoms with Gasteiger partial charge in [-0.3, -0.25) is 0 Å². The third-order valence-corrected chi connectivity index (χ3v) is 5.14. The van der Waals surface area contributed by atoms with E-state index in [1.54, 1.807) is 29.4 Å². The molecule has 1 aromatic carbocycles. The van der Waals surface area contributed by atoms with Crippen LogP contribution in [0.4, 0.5) is 4.79 Å². The van der Waals surface area contributed by atoms with E-state index in [2.05, 4.69) is 34.1 Å². The van der Waals surface area contributed by atoms with Crippen molar-refractivity contribution in [1.29, 1.82) is 0 Å². The molecule has 8 heteroatoms. The molecule has 2 amide bonds. The number of aromatic nitrogens is 3. The van der Waals surface area contributed by atoms with Crippen LogP contribution in [0.25, 0.3) is 11.0 Å². The molecule has 0 atom stereocenters. The minimum absolute atomic E-state index is 0.169. The lowest BCUT2D eigenvalue weighted by Crippen LogP contribution is -2.36. The van der Waals surface area contributed by atoms with E-state index in [0.717, 1.165) is 21.7 Å². The Labute approximate surface area is 155 Å². The van der Waals surface area contributed by atoms with Crippen LogP contribution in [-0.4, -0.2) is 32.9 Å². The van der Waals surface area contributed by atoms with Crippen molar-refractivity contribution in [2.45, 2.75) is 32.9 Å². The molecule has 25 heavy (non-hydrogen) atoms. The van der Waals surface area contributed by atoms with Gasteiger partial charge in [0, 0.05) is 23.4 Å². The summed E-state index contributed by atoms with van der Waals surface area (Å²) in [7, 11) is 1.75. The number of amides is 2. The van der Waals surface area contributed by atoms with E-state index in [0.29, 0.717) is 29.9 Å². The molecule has 6 nitrogen and oxygen atoms in total. The first kappa shape index (κ1) is 17.7. The van der Waals surface area contributed by atoms with Crippen LogP contribution >= 0.6 is 22.9 Å². The third kappa shape index (κ3) is 4.29. The van der Waals surface area contributed by atoms with Crippen LogP contribution in [0.3, 0.4) is 0 Å². The van der Waals surface area contributed by atoms with Gasteiger partial charge in [-0.05, 0) is 18.2 Å². The van der Waals surface area contributed by atoms with Gasteiger partial charge in [-0.25, -0.2) is 14.8 Å². The number of fused-ring (bicyclic) bond motifs is 1. The summed E-state index contributed by atoms with van der Waals surface area (Å²) in [4.78, 5) is 26.0. The van der Waals surface area contributed by atoms with Crippen LogP contribution in [0.2, 0.25) is 5.02 Å². The number of halogens is 1. The first-order valence-corrected chi connectivity index (χ1v) is 9.25. The molecule has 0 saturated heterocycles. The fourth-order valence-corrected chi connectivity index (χ4v) is 3.39. The van der Waals surface area contributed by atoms with Gasteiger partial charge in [0.25, 0.3) is 0 Å². The molecule has 0 aliphatic heterocycles. The molecule has 132 valence electrons. The summed E-state index contributed by atoms with van der Waals surface area (Å²) in [5.41, 5.74) is 2.59. The molecule has 0 aliphatic rings. The second kappa shape index (κ2) is 7.41. The Balaban J connectivity index is 1.56. The molecule has 0 spiro atoms. The maximum absolute atomic E-state index is 12.3. The largest absolute Gasteiger partial charge is 0.340 e. The van der Waals surface area contributed by atoms with Crippen LogP contribution in [0, 0.1) is 0 Å². The van der Waals surface area contributed by atoms with E-state index in [-0.39, 0.29) is 6.03 Å². The number of carbonyl (C=O) groups excluding carboxylic acids is 1. The molecule has 3 rings (SSSR count). The van der Waals surface area contributed by atoms with Crippen molar-refractivity contribution in [3.63, 3.8) is 0 Å². The summed E-state index contributed by atoms with van der Waals surface area (Å²) in [5.74, 6) is 1.09. The van der Waals surface area contributed by atoms with Gasteiger partial charge in [0.15, 0.2) is 0 Å². The van der Waals surface area contributed by atoms with Gasteiger partial charge in [0.1, 0.15) is 5.82 Å². The van der Waals surface area contributed by atoms with E-state index in [1.165, 1.54) is 0 Å². The average molecular weight is 378 g/mol. The number of nitrogens with one attached hydrogen (secondary N) is 2. The second-order valence-corrected chi connectivity index (χ2v) is 7.52. The molecule has 0 unspecified atom stereocenters. The summed E-state index contributed by atoms with van der Waals surface area (Å²) in [5, 5.41) is 6.60. The van der Waals surface area contributed by atoms with E-state index in [9.17, 15) is 4.79 Å². The fourth-order valence-electron chi connectivity index (χ4n) is 2.39. The van der Waals surface area contributed by atoms with E-state index >= 15 is 0 Å². The Bertz CT molecular complexity index is 888. The first-order chi connectivity index (χ1) is 11.9. The standard InChI is InChI=1S/C17H20ClN5OS/c1-10(2)16-20-12(9-25-16)8-23(3)17(24)19-7-15-21-13-5-4-11(18)6-14(13)22-15/h4-6,9-10H,7-8H2,1-3H3,(H,19,24)(H,21,22). The summed E-state index contributed by atoms with van der Waals surface area (Å²) in [6.07, 6.45) is 0. The smallest absolute Gasteiger partial charge is 0.317 e. The average Bonchev–Trinajstić information content (AvgIpc) is 3.18. The zero-order valence-electron chi connectivity index (χ0n) is 14.3. The highest BCUT2D eigenvalue weighted by Gasteiger charge is 2.13. The topological polar surface area (TPSA) is 73.9 Å². The highest BCUT2D eigenvalue weighted by atomic mass is 35.5. The third-order valence-electron chi connectivity index (χ3n) is 3.71. The Morgan fingerprint density at radius 3 is 2.92 bits per heavy atom. The number of thiazole rings is 1. The SMILES string of the molecule is CC(C)c1nc(CN(C)C(=O)NCc2nc3ccc(Cl)cc3[nH]2)cs1. The van der Waals surface area contributed by atoms with Gasteiger partial charge >= 0.3 is 6.03 Å². The van der Waals surface area contributed by atoms with E-state index in [1.807, 2.05) is 17.5 Å².